The number of hydrogen-bond acceptors (Lipinski definition) is 6. The van der Waals surface area contributed by atoms with E-state index in [1.54, 1.807) is 24.3 Å². The lowest BCUT2D eigenvalue weighted by atomic mass is 10.2. The van der Waals surface area contributed by atoms with Gasteiger partial charge >= 0.3 is 5.69 Å². The zero-order chi connectivity index (χ0) is 21.4. The van der Waals surface area contributed by atoms with Gasteiger partial charge < -0.3 is 20.2 Å². The van der Waals surface area contributed by atoms with Crippen molar-refractivity contribution in [3.63, 3.8) is 0 Å². The second-order valence-corrected chi connectivity index (χ2v) is 6.25. The molecule has 4 rings (SSSR count). The van der Waals surface area contributed by atoms with E-state index in [0.29, 0.717) is 17.0 Å². The molecule has 0 radical (unpaired) electrons. The molecule has 3 N–H and O–H groups in total. The fourth-order valence-electron chi connectivity index (χ4n) is 3.19. The molecular weight excluding hydrogens is 393 g/mol. The Morgan fingerprint density at radius 2 is 1.90 bits per heavy atom. The fourth-order valence-corrected chi connectivity index (χ4v) is 3.19. The Bertz CT molecular complexity index is 1350. The van der Waals surface area contributed by atoms with E-state index in [1.807, 2.05) is 0 Å². The number of methoxy groups -OCH3 is 2. The molecule has 0 saturated carbocycles. The van der Waals surface area contributed by atoms with Crippen LogP contribution < -0.4 is 20.9 Å². The number of nitrogens with two attached hydrogens (primary N) is 1. The summed E-state index contributed by atoms with van der Waals surface area (Å²) in [4.78, 5) is 36.0. The van der Waals surface area contributed by atoms with E-state index >= 15 is 0 Å². The van der Waals surface area contributed by atoms with Crippen LogP contribution in [-0.4, -0.2) is 39.6 Å². The number of hydrogen-bond donors (Lipinski definition) is 2. The number of carbonyl (C=O) groups is 1. The maximum atomic E-state index is 13.7. The molecular formula is C20H16FN5O4. The molecule has 0 fully saturated rings. The van der Waals surface area contributed by atoms with Crippen LogP contribution in [0.25, 0.3) is 28.2 Å². The Hall–Kier alpha value is -4.21. The van der Waals surface area contributed by atoms with Crippen LogP contribution in [0.5, 0.6) is 11.5 Å². The minimum atomic E-state index is -0.869. The highest BCUT2D eigenvalue weighted by atomic mass is 19.1. The van der Waals surface area contributed by atoms with Gasteiger partial charge in [0, 0.05) is 5.56 Å². The van der Waals surface area contributed by atoms with Crippen molar-refractivity contribution in [2.75, 3.05) is 14.2 Å². The summed E-state index contributed by atoms with van der Waals surface area (Å²) in [5, 5.41) is 0. The van der Waals surface area contributed by atoms with Crippen molar-refractivity contribution < 1.29 is 18.7 Å². The van der Waals surface area contributed by atoms with Crippen molar-refractivity contribution in [3.05, 3.63) is 64.5 Å². The Balaban J connectivity index is 2.09. The summed E-state index contributed by atoms with van der Waals surface area (Å²) < 4.78 is 25.6. The largest absolute Gasteiger partial charge is 0.493 e. The van der Waals surface area contributed by atoms with Gasteiger partial charge in [-0.05, 0) is 24.3 Å². The third-order valence-corrected chi connectivity index (χ3v) is 4.48. The number of aromatic nitrogens is 4. The van der Waals surface area contributed by atoms with Gasteiger partial charge in [-0.25, -0.2) is 23.7 Å². The number of aromatic amines is 1. The average molecular weight is 409 g/mol. The van der Waals surface area contributed by atoms with Gasteiger partial charge in [-0.3, -0.25) is 4.79 Å². The number of halogens is 1. The number of benzene rings is 2. The first-order chi connectivity index (χ1) is 14.4. The summed E-state index contributed by atoms with van der Waals surface area (Å²) in [7, 11) is 2.90. The normalized spacial score (nSPS) is 10.9. The summed E-state index contributed by atoms with van der Waals surface area (Å²) in [5.74, 6) is -0.658. The molecule has 1 amide bonds. The van der Waals surface area contributed by atoms with E-state index in [-0.39, 0.29) is 28.4 Å². The second kappa shape index (κ2) is 7.32. The van der Waals surface area contributed by atoms with Crippen LogP contribution in [0, 0.1) is 5.82 Å². The zero-order valence-electron chi connectivity index (χ0n) is 16.0. The highest BCUT2D eigenvalue weighted by molar-refractivity contribution is 6.02. The van der Waals surface area contributed by atoms with Crippen LogP contribution in [-0.2, 0) is 0 Å². The first-order valence-corrected chi connectivity index (χ1v) is 8.74. The van der Waals surface area contributed by atoms with Crippen molar-refractivity contribution in [2.45, 2.75) is 0 Å². The molecule has 2 aromatic carbocycles. The summed E-state index contributed by atoms with van der Waals surface area (Å²) in [6.07, 6.45) is 0. The van der Waals surface area contributed by atoms with Crippen LogP contribution in [0.2, 0.25) is 0 Å². The minimum Gasteiger partial charge on any atom is -0.493 e. The predicted molar refractivity (Wildman–Crippen MR) is 107 cm³/mol. The number of nitrogens with zero attached hydrogens (tertiary/aromatic N) is 3. The predicted octanol–water partition coefficient (Wildman–Crippen LogP) is 2.03. The number of H-pyrrole nitrogens is 1. The van der Waals surface area contributed by atoms with Crippen molar-refractivity contribution in [3.8, 4) is 28.6 Å². The highest BCUT2D eigenvalue weighted by Crippen LogP contribution is 2.34. The molecule has 4 aromatic rings. The van der Waals surface area contributed by atoms with Gasteiger partial charge in [0.2, 0.25) is 0 Å². The van der Waals surface area contributed by atoms with Gasteiger partial charge in [0.25, 0.3) is 5.91 Å². The Kier molecular flexibility index (Phi) is 4.66. The van der Waals surface area contributed by atoms with E-state index in [4.69, 9.17) is 15.2 Å². The smallest absolute Gasteiger partial charge is 0.332 e. The molecule has 152 valence electrons. The van der Waals surface area contributed by atoms with Crippen molar-refractivity contribution in [1.82, 2.24) is 19.5 Å². The van der Waals surface area contributed by atoms with Gasteiger partial charge in [-0.1, -0.05) is 18.2 Å². The molecule has 0 aliphatic carbocycles. The molecule has 30 heavy (non-hydrogen) atoms. The molecule has 10 heteroatoms. The number of primary amides is 1. The topological polar surface area (TPSA) is 125 Å². The number of ether oxygens (including phenoxy) is 2. The van der Waals surface area contributed by atoms with Crippen LogP contribution >= 0.6 is 0 Å². The van der Waals surface area contributed by atoms with Gasteiger partial charge in [-0.2, -0.15) is 0 Å². The van der Waals surface area contributed by atoms with Crippen LogP contribution in [0.15, 0.2) is 47.3 Å². The standard InChI is InChI=1S/C20H16FN5O4/c1-29-13-8-4-7-12(16(13)30-2)26-19-15(24-20(26)28)14(17(22)27)23-18(25-19)10-5-3-6-11(21)9-10/h3-9H,1-2H3,(H2,22,27)(H,24,28). The van der Waals surface area contributed by atoms with E-state index in [9.17, 15) is 14.0 Å². The molecule has 0 aliphatic rings. The lowest BCUT2D eigenvalue weighted by Gasteiger charge is -2.13. The molecule has 0 atom stereocenters. The van der Waals surface area contributed by atoms with Gasteiger partial charge in [0.15, 0.2) is 28.7 Å². The summed E-state index contributed by atoms with van der Waals surface area (Å²) in [5.41, 5.74) is 5.46. The monoisotopic (exact) mass is 409 g/mol. The minimum absolute atomic E-state index is 0.0328. The van der Waals surface area contributed by atoms with Crippen molar-refractivity contribution in [2.24, 2.45) is 5.73 Å². The summed E-state index contributed by atoms with van der Waals surface area (Å²) in [6, 6.07) is 10.5. The Labute approximate surface area is 168 Å². The maximum Gasteiger partial charge on any atom is 0.332 e. The zero-order valence-corrected chi connectivity index (χ0v) is 16.0. The van der Waals surface area contributed by atoms with Crippen LogP contribution in [0.1, 0.15) is 10.5 Å². The molecule has 9 nitrogen and oxygen atoms in total. The third kappa shape index (κ3) is 3.04. The number of rotatable bonds is 5. The van der Waals surface area contributed by atoms with Gasteiger partial charge in [0.05, 0.1) is 19.9 Å². The molecule has 0 bridgehead atoms. The molecule has 0 spiro atoms. The van der Waals surface area contributed by atoms with E-state index in [0.717, 1.165) is 0 Å². The third-order valence-electron chi connectivity index (χ3n) is 4.48. The lowest BCUT2D eigenvalue weighted by Crippen LogP contribution is -2.16. The van der Waals surface area contributed by atoms with Crippen molar-refractivity contribution >= 4 is 17.1 Å². The lowest BCUT2D eigenvalue weighted by molar-refractivity contribution is 0.0997. The molecule has 0 unspecified atom stereocenters. The Morgan fingerprint density at radius 3 is 2.57 bits per heavy atom. The number of imidazole rings is 1. The molecule has 2 aromatic heterocycles. The Morgan fingerprint density at radius 1 is 1.13 bits per heavy atom. The number of fused-ring (bicyclic) bond motifs is 1. The molecule has 0 aliphatic heterocycles. The van der Waals surface area contributed by atoms with Gasteiger partial charge in [0.1, 0.15) is 11.3 Å². The first kappa shape index (κ1) is 19.1. The van der Waals surface area contributed by atoms with Crippen LogP contribution in [0.3, 0.4) is 0 Å². The maximum absolute atomic E-state index is 13.7. The summed E-state index contributed by atoms with van der Waals surface area (Å²) >= 11 is 0. The van der Waals surface area contributed by atoms with E-state index < -0.39 is 17.4 Å². The molecule has 0 saturated heterocycles. The first-order valence-electron chi connectivity index (χ1n) is 8.74. The molecule has 2 heterocycles. The number of carbonyl (C=O) groups excluding carboxylic acids is 1. The average Bonchev–Trinajstić information content (AvgIpc) is 3.07. The number of amides is 1. The van der Waals surface area contributed by atoms with Crippen LogP contribution in [0.4, 0.5) is 4.39 Å². The van der Waals surface area contributed by atoms with E-state index in [1.165, 1.54) is 37.0 Å². The SMILES string of the molecule is COc1cccc(-n2c(=O)[nH]c3c(C(N)=O)nc(-c4cccc(F)c4)nc32)c1OC. The highest BCUT2D eigenvalue weighted by Gasteiger charge is 2.23. The number of nitrogens with one attached hydrogen (secondary N) is 1. The van der Waals surface area contributed by atoms with Crippen molar-refractivity contribution in [1.29, 1.82) is 0 Å². The van der Waals surface area contributed by atoms with E-state index in [2.05, 4.69) is 15.0 Å². The fraction of sp³-hybridized carbons (Fsp3) is 0.100. The summed E-state index contributed by atoms with van der Waals surface area (Å²) in [6.45, 7) is 0. The van der Waals surface area contributed by atoms with Gasteiger partial charge in [-0.15, -0.1) is 0 Å². The second-order valence-electron chi connectivity index (χ2n) is 6.25. The quantitative estimate of drug-likeness (QED) is 0.520. The number of para-hydroxylation sites is 1.